The maximum Gasteiger partial charge on any atom is 0.140 e. The monoisotopic (exact) mass is 280 g/mol. The van der Waals surface area contributed by atoms with Crippen molar-refractivity contribution in [2.45, 2.75) is 19.1 Å². The van der Waals surface area contributed by atoms with Crippen molar-refractivity contribution in [3.63, 3.8) is 0 Å². The van der Waals surface area contributed by atoms with E-state index in [0.717, 1.165) is 28.0 Å². The zero-order chi connectivity index (χ0) is 8.01. The second-order valence-electron chi connectivity index (χ2n) is 2.51. The fraction of sp³-hybridized carbons (Fsp3) is 0.500. The molecule has 0 radical (unpaired) electrons. The number of hydrogen-bond acceptors (Lipinski definition) is 2. The molecule has 5 heteroatoms. The van der Waals surface area contributed by atoms with Crippen molar-refractivity contribution in [3.8, 4) is 0 Å². The number of rotatable bonds is 0. The third kappa shape index (κ3) is 1.06. The predicted molar refractivity (Wildman–Crippen MR) is 47.2 cm³/mol. The molecule has 0 saturated carbocycles. The molecule has 0 aliphatic carbocycles. The summed E-state index contributed by atoms with van der Waals surface area (Å²) in [6.45, 7) is 0.843. The fourth-order valence-electron chi connectivity index (χ4n) is 1.27. The van der Waals surface area contributed by atoms with Crippen LogP contribution in [0.1, 0.15) is 18.3 Å². The van der Waals surface area contributed by atoms with E-state index in [1.54, 1.807) is 0 Å². The molecule has 0 bridgehead atoms. The minimum atomic E-state index is -0.391. The molecular weight excluding hydrogens is 276 g/mol. The van der Waals surface area contributed by atoms with Gasteiger partial charge in [-0.1, -0.05) is 0 Å². The van der Waals surface area contributed by atoms with E-state index in [4.69, 9.17) is 0 Å². The van der Waals surface area contributed by atoms with Crippen LogP contribution in [0.4, 0.5) is 0 Å². The van der Waals surface area contributed by atoms with Crippen LogP contribution in [-0.4, -0.2) is 14.7 Å². The topological polar surface area (TPSA) is 38.0 Å². The molecule has 3 nitrogen and oxygen atoms in total. The number of aliphatic hydroxyl groups is 1. The third-order valence-corrected chi connectivity index (χ3v) is 3.71. The minimum absolute atomic E-state index is 0.391. The maximum absolute atomic E-state index is 9.39. The van der Waals surface area contributed by atoms with E-state index in [-0.39, 0.29) is 0 Å². The quantitative estimate of drug-likeness (QED) is 0.788. The zero-order valence-electron chi connectivity index (χ0n) is 5.59. The molecule has 2 rings (SSSR count). The fourth-order valence-corrected chi connectivity index (χ4v) is 2.11. The lowest BCUT2D eigenvalue weighted by molar-refractivity contribution is 0.175. The highest BCUT2D eigenvalue weighted by Gasteiger charge is 2.25. The SMILES string of the molecule is OC1CCn2c1nc(Br)c2Br. The second-order valence-corrected chi connectivity index (χ2v) is 4.01. The predicted octanol–water partition coefficient (Wildman–Crippen LogP) is 1.85. The van der Waals surface area contributed by atoms with Gasteiger partial charge in [0.05, 0.1) is 0 Å². The van der Waals surface area contributed by atoms with E-state index in [9.17, 15) is 5.11 Å². The van der Waals surface area contributed by atoms with Crippen LogP contribution in [-0.2, 0) is 6.54 Å². The summed E-state index contributed by atoms with van der Waals surface area (Å²) in [5.74, 6) is 0.753. The summed E-state index contributed by atoms with van der Waals surface area (Å²) in [5, 5.41) is 9.39. The van der Waals surface area contributed by atoms with E-state index < -0.39 is 6.10 Å². The smallest absolute Gasteiger partial charge is 0.140 e. The Kier molecular flexibility index (Phi) is 1.81. The molecule has 11 heavy (non-hydrogen) atoms. The normalized spacial score (nSPS) is 22.3. The Morgan fingerprint density at radius 2 is 2.27 bits per heavy atom. The molecule has 1 aromatic heterocycles. The Morgan fingerprint density at radius 1 is 1.55 bits per heavy atom. The molecule has 1 aliphatic rings. The summed E-state index contributed by atoms with van der Waals surface area (Å²) in [7, 11) is 0. The van der Waals surface area contributed by atoms with E-state index in [1.807, 2.05) is 4.57 Å². The van der Waals surface area contributed by atoms with Gasteiger partial charge in [0.25, 0.3) is 0 Å². The third-order valence-electron chi connectivity index (χ3n) is 1.82. The first-order chi connectivity index (χ1) is 5.20. The molecule has 1 aliphatic heterocycles. The average Bonchev–Trinajstić information content (AvgIpc) is 2.43. The van der Waals surface area contributed by atoms with Crippen LogP contribution in [0.2, 0.25) is 0 Å². The highest BCUT2D eigenvalue weighted by atomic mass is 79.9. The van der Waals surface area contributed by atoms with Crippen LogP contribution in [0.25, 0.3) is 0 Å². The van der Waals surface area contributed by atoms with Gasteiger partial charge in [-0.05, 0) is 38.3 Å². The van der Waals surface area contributed by atoms with Crippen molar-refractivity contribution in [3.05, 3.63) is 15.0 Å². The minimum Gasteiger partial charge on any atom is -0.385 e. The van der Waals surface area contributed by atoms with Crippen molar-refractivity contribution >= 4 is 31.9 Å². The van der Waals surface area contributed by atoms with Gasteiger partial charge in [0, 0.05) is 6.54 Å². The summed E-state index contributed by atoms with van der Waals surface area (Å²) >= 11 is 6.65. The largest absolute Gasteiger partial charge is 0.385 e. The molecule has 1 atom stereocenters. The first-order valence-corrected chi connectivity index (χ1v) is 4.88. The first-order valence-electron chi connectivity index (χ1n) is 3.29. The lowest BCUT2D eigenvalue weighted by atomic mass is 10.3. The molecule has 1 unspecified atom stereocenters. The summed E-state index contributed by atoms with van der Waals surface area (Å²) in [5.41, 5.74) is 0. The van der Waals surface area contributed by atoms with Crippen LogP contribution in [0.15, 0.2) is 9.21 Å². The van der Waals surface area contributed by atoms with E-state index >= 15 is 0 Å². The number of aliphatic hydroxyl groups excluding tert-OH is 1. The van der Waals surface area contributed by atoms with Crippen molar-refractivity contribution in [1.82, 2.24) is 9.55 Å². The van der Waals surface area contributed by atoms with E-state index in [2.05, 4.69) is 36.8 Å². The van der Waals surface area contributed by atoms with Gasteiger partial charge in [-0.3, -0.25) is 0 Å². The van der Waals surface area contributed by atoms with Crippen molar-refractivity contribution in [2.75, 3.05) is 0 Å². The molecule has 0 spiro atoms. The Balaban J connectivity index is 2.57. The number of nitrogens with zero attached hydrogens (tertiary/aromatic N) is 2. The van der Waals surface area contributed by atoms with Crippen LogP contribution < -0.4 is 0 Å². The lowest BCUT2D eigenvalue weighted by Crippen LogP contribution is -1.93. The summed E-state index contributed by atoms with van der Waals surface area (Å²) in [6, 6.07) is 0. The Hall–Kier alpha value is 0.130. The van der Waals surface area contributed by atoms with Gasteiger partial charge in [0.15, 0.2) is 0 Å². The standard InChI is InChI=1S/C6H6Br2N2O/c7-4-5(8)10-2-1-3(11)6(10)9-4/h3,11H,1-2H2. The number of hydrogen-bond donors (Lipinski definition) is 1. The average molecular weight is 282 g/mol. The summed E-state index contributed by atoms with van der Waals surface area (Å²) in [4.78, 5) is 4.15. The lowest BCUT2D eigenvalue weighted by Gasteiger charge is -1.95. The molecule has 0 saturated heterocycles. The Labute approximate surface area is 80.7 Å². The summed E-state index contributed by atoms with van der Waals surface area (Å²) in [6.07, 6.45) is 0.381. The van der Waals surface area contributed by atoms with Gasteiger partial charge in [-0.2, -0.15) is 0 Å². The number of imidazole rings is 1. The van der Waals surface area contributed by atoms with Crippen molar-refractivity contribution in [2.24, 2.45) is 0 Å². The Morgan fingerprint density at radius 3 is 2.91 bits per heavy atom. The van der Waals surface area contributed by atoms with Gasteiger partial charge in [0.1, 0.15) is 21.1 Å². The molecule has 0 fully saturated rings. The highest BCUT2D eigenvalue weighted by molar-refractivity contribution is 9.13. The van der Waals surface area contributed by atoms with Gasteiger partial charge < -0.3 is 9.67 Å². The molecular formula is C6H6Br2N2O. The van der Waals surface area contributed by atoms with Gasteiger partial charge >= 0.3 is 0 Å². The second kappa shape index (κ2) is 2.57. The summed E-state index contributed by atoms with van der Waals surface area (Å²) < 4.78 is 3.66. The van der Waals surface area contributed by atoms with Crippen LogP contribution >= 0.6 is 31.9 Å². The van der Waals surface area contributed by atoms with Crippen LogP contribution in [0.5, 0.6) is 0 Å². The molecule has 0 amide bonds. The number of halogens is 2. The molecule has 0 aromatic carbocycles. The molecule has 1 aromatic rings. The first kappa shape index (κ1) is 7.76. The van der Waals surface area contributed by atoms with Crippen LogP contribution in [0.3, 0.4) is 0 Å². The van der Waals surface area contributed by atoms with Crippen molar-refractivity contribution in [1.29, 1.82) is 0 Å². The number of aromatic nitrogens is 2. The highest BCUT2D eigenvalue weighted by Crippen LogP contribution is 2.33. The van der Waals surface area contributed by atoms with Gasteiger partial charge in [0.2, 0.25) is 0 Å². The zero-order valence-corrected chi connectivity index (χ0v) is 8.76. The molecule has 2 heterocycles. The number of fused-ring (bicyclic) bond motifs is 1. The molecule has 1 N–H and O–H groups in total. The Bertz CT molecular complexity index is 297. The van der Waals surface area contributed by atoms with Gasteiger partial charge in [-0.15, -0.1) is 0 Å². The van der Waals surface area contributed by atoms with Crippen molar-refractivity contribution < 1.29 is 5.11 Å². The molecule has 60 valence electrons. The maximum atomic E-state index is 9.39. The van der Waals surface area contributed by atoms with Gasteiger partial charge in [-0.25, -0.2) is 4.98 Å². The van der Waals surface area contributed by atoms with Crippen LogP contribution in [0, 0.1) is 0 Å². The van der Waals surface area contributed by atoms with E-state index in [1.165, 1.54) is 0 Å². The van der Waals surface area contributed by atoms with E-state index in [0.29, 0.717) is 0 Å².